The van der Waals surface area contributed by atoms with E-state index in [1.54, 1.807) is 6.92 Å². The van der Waals surface area contributed by atoms with Crippen LogP contribution in [-0.2, 0) is 4.79 Å². The molecule has 13 heavy (non-hydrogen) atoms. The van der Waals surface area contributed by atoms with Crippen LogP contribution < -0.4 is 0 Å². The van der Waals surface area contributed by atoms with Crippen LogP contribution in [0.15, 0.2) is 0 Å². The molecule has 0 radical (unpaired) electrons. The van der Waals surface area contributed by atoms with Crippen LogP contribution in [0.5, 0.6) is 0 Å². The minimum absolute atomic E-state index is 0.0746. The van der Waals surface area contributed by atoms with Crippen molar-refractivity contribution in [2.45, 2.75) is 44.8 Å². The summed E-state index contributed by atoms with van der Waals surface area (Å²) in [5.74, 6) is 0.650. The van der Waals surface area contributed by atoms with Crippen LogP contribution in [0.25, 0.3) is 0 Å². The summed E-state index contributed by atoms with van der Waals surface area (Å²) in [4.78, 5) is 13.5. The Morgan fingerprint density at radius 1 is 1.46 bits per heavy atom. The van der Waals surface area contributed by atoms with E-state index in [0.29, 0.717) is 6.04 Å². The molecular weight excluding hydrogens is 166 g/mol. The van der Waals surface area contributed by atoms with Crippen LogP contribution in [0, 0.1) is 5.92 Å². The Morgan fingerprint density at radius 3 is 2.92 bits per heavy atom. The monoisotopic (exact) mass is 183 g/mol. The highest BCUT2D eigenvalue weighted by Gasteiger charge is 2.40. The average Bonchev–Trinajstić information content (AvgIpc) is 2.61. The lowest BCUT2D eigenvalue weighted by atomic mass is 10.0. The van der Waals surface area contributed by atoms with Crippen molar-refractivity contribution < 1.29 is 9.90 Å². The summed E-state index contributed by atoms with van der Waals surface area (Å²) in [5, 5.41) is 9.21. The molecule has 1 N–H and O–H groups in total. The van der Waals surface area contributed by atoms with E-state index in [9.17, 15) is 9.90 Å². The zero-order valence-corrected chi connectivity index (χ0v) is 8.07. The molecule has 2 fully saturated rings. The van der Waals surface area contributed by atoms with Crippen molar-refractivity contribution in [3.63, 3.8) is 0 Å². The predicted octanol–water partition coefficient (Wildman–Crippen LogP) is 0.768. The molecule has 1 heterocycles. The number of carbonyl (C=O) groups excluding carboxylic acids is 1. The SMILES string of the molecule is C[C@@H](O)C(=O)N1CCC2CCCC21. The fourth-order valence-corrected chi connectivity index (χ4v) is 2.75. The first-order chi connectivity index (χ1) is 6.20. The van der Waals surface area contributed by atoms with Gasteiger partial charge in [-0.15, -0.1) is 0 Å². The Hall–Kier alpha value is -0.570. The number of fused-ring (bicyclic) bond motifs is 1. The minimum Gasteiger partial charge on any atom is -0.384 e. The van der Waals surface area contributed by atoms with E-state index in [0.717, 1.165) is 25.3 Å². The number of likely N-dealkylation sites (tertiary alicyclic amines) is 1. The topological polar surface area (TPSA) is 40.5 Å². The first-order valence-corrected chi connectivity index (χ1v) is 5.18. The molecular formula is C10H17NO2. The molecule has 0 bridgehead atoms. The Labute approximate surface area is 78.7 Å². The zero-order chi connectivity index (χ0) is 9.42. The largest absolute Gasteiger partial charge is 0.384 e. The molecule has 1 amide bonds. The number of amides is 1. The van der Waals surface area contributed by atoms with Crippen LogP contribution >= 0.6 is 0 Å². The lowest BCUT2D eigenvalue weighted by molar-refractivity contribution is -0.140. The van der Waals surface area contributed by atoms with Gasteiger partial charge >= 0.3 is 0 Å². The van der Waals surface area contributed by atoms with Gasteiger partial charge in [-0.05, 0) is 32.1 Å². The van der Waals surface area contributed by atoms with Gasteiger partial charge in [-0.1, -0.05) is 6.42 Å². The van der Waals surface area contributed by atoms with Gasteiger partial charge in [-0.2, -0.15) is 0 Å². The van der Waals surface area contributed by atoms with E-state index in [-0.39, 0.29) is 5.91 Å². The molecule has 1 aliphatic heterocycles. The van der Waals surface area contributed by atoms with Crippen LogP contribution in [-0.4, -0.2) is 34.6 Å². The number of aliphatic hydroxyl groups is 1. The second-order valence-electron chi connectivity index (χ2n) is 4.25. The van der Waals surface area contributed by atoms with E-state index in [2.05, 4.69) is 0 Å². The van der Waals surface area contributed by atoms with Gasteiger partial charge in [0.25, 0.3) is 5.91 Å². The lowest BCUT2D eigenvalue weighted by Crippen LogP contribution is -2.41. The van der Waals surface area contributed by atoms with Crippen molar-refractivity contribution in [3.8, 4) is 0 Å². The third-order valence-electron chi connectivity index (χ3n) is 3.40. The standard InChI is InChI=1S/C10H17NO2/c1-7(12)10(13)11-6-5-8-3-2-4-9(8)11/h7-9,12H,2-6H2,1H3/t7-,8?,9?/m1/s1. The Morgan fingerprint density at radius 2 is 2.23 bits per heavy atom. The van der Waals surface area contributed by atoms with E-state index < -0.39 is 6.10 Å². The second kappa shape index (κ2) is 3.29. The molecule has 2 unspecified atom stereocenters. The summed E-state index contributed by atoms with van der Waals surface area (Å²) < 4.78 is 0. The molecule has 0 aromatic heterocycles. The fourth-order valence-electron chi connectivity index (χ4n) is 2.75. The molecule has 2 rings (SSSR count). The average molecular weight is 183 g/mol. The molecule has 2 aliphatic rings. The van der Waals surface area contributed by atoms with Crippen molar-refractivity contribution in [1.82, 2.24) is 4.90 Å². The lowest BCUT2D eigenvalue weighted by Gasteiger charge is -2.25. The van der Waals surface area contributed by atoms with Gasteiger partial charge in [0.1, 0.15) is 6.10 Å². The molecule has 0 spiro atoms. The number of aliphatic hydroxyl groups excluding tert-OH is 1. The van der Waals surface area contributed by atoms with Gasteiger partial charge < -0.3 is 10.0 Å². The van der Waals surface area contributed by atoms with Crippen molar-refractivity contribution in [1.29, 1.82) is 0 Å². The summed E-state index contributed by atoms with van der Waals surface area (Å²) in [6.45, 7) is 2.42. The quantitative estimate of drug-likeness (QED) is 0.652. The van der Waals surface area contributed by atoms with Gasteiger partial charge in [0.15, 0.2) is 0 Å². The minimum atomic E-state index is -0.820. The first-order valence-electron chi connectivity index (χ1n) is 5.18. The third kappa shape index (κ3) is 1.46. The maximum atomic E-state index is 11.6. The summed E-state index contributed by atoms with van der Waals surface area (Å²) in [6, 6.07) is 0.446. The Bertz CT molecular complexity index is 215. The fraction of sp³-hybridized carbons (Fsp3) is 0.900. The summed E-state index contributed by atoms with van der Waals surface area (Å²) >= 11 is 0. The predicted molar refractivity (Wildman–Crippen MR) is 49.1 cm³/mol. The Kier molecular flexibility index (Phi) is 2.28. The highest BCUT2D eigenvalue weighted by Crippen LogP contribution is 2.37. The van der Waals surface area contributed by atoms with Crippen LogP contribution in [0.3, 0.4) is 0 Å². The number of hydrogen-bond acceptors (Lipinski definition) is 2. The van der Waals surface area contributed by atoms with Gasteiger partial charge in [-0.3, -0.25) is 4.79 Å². The zero-order valence-electron chi connectivity index (χ0n) is 8.07. The highest BCUT2D eigenvalue weighted by atomic mass is 16.3. The molecule has 3 nitrogen and oxygen atoms in total. The molecule has 0 aromatic carbocycles. The van der Waals surface area contributed by atoms with E-state index in [4.69, 9.17) is 0 Å². The van der Waals surface area contributed by atoms with E-state index in [1.807, 2.05) is 4.90 Å². The maximum absolute atomic E-state index is 11.6. The van der Waals surface area contributed by atoms with Crippen molar-refractivity contribution in [2.24, 2.45) is 5.92 Å². The summed E-state index contributed by atoms with van der Waals surface area (Å²) in [5.41, 5.74) is 0. The molecule has 1 saturated carbocycles. The van der Waals surface area contributed by atoms with Crippen LogP contribution in [0.2, 0.25) is 0 Å². The van der Waals surface area contributed by atoms with Gasteiger partial charge in [0.05, 0.1) is 0 Å². The number of carbonyl (C=O) groups is 1. The maximum Gasteiger partial charge on any atom is 0.251 e. The van der Waals surface area contributed by atoms with Crippen LogP contribution in [0.1, 0.15) is 32.6 Å². The normalized spacial score (nSPS) is 34.8. The first kappa shape index (κ1) is 9.00. The smallest absolute Gasteiger partial charge is 0.251 e. The third-order valence-corrected chi connectivity index (χ3v) is 3.40. The van der Waals surface area contributed by atoms with Crippen molar-refractivity contribution >= 4 is 5.91 Å². The molecule has 3 heteroatoms. The van der Waals surface area contributed by atoms with Crippen molar-refractivity contribution in [3.05, 3.63) is 0 Å². The van der Waals surface area contributed by atoms with Gasteiger partial charge in [0, 0.05) is 12.6 Å². The molecule has 0 aromatic rings. The van der Waals surface area contributed by atoms with E-state index >= 15 is 0 Å². The molecule has 1 aliphatic carbocycles. The van der Waals surface area contributed by atoms with E-state index in [1.165, 1.54) is 12.8 Å². The summed E-state index contributed by atoms with van der Waals surface area (Å²) in [7, 11) is 0. The highest BCUT2D eigenvalue weighted by molar-refractivity contribution is 5.80. The van der Waals surface area contributed by atoms with Crippen LogP contribution in [0.4, 0.5) is 0 Å². The molecule has 1 saturated heterocycles. The second-order valence-corrected chi connectivity index (χ2v) is 4.25. The number of rotatable bonds is 1. The molecule has 74 valence electrons. The van der Waals surface area contributed by atoms with Gasteiger partial charge in [0.2, 0.25) is 0 Å². The molecule has 3 atom stereocenters. The van der Waals surface area contributed by atoms with Crippen molar-refractivity contribution in [2.75, 3.05) is 6.54 Å². The summed E-state index contributed by atoms with van der Waals surface area (Å²) in [6.07, 6.45) is 3.98. The van der Waals surface area contributed by atoms with Gasteiger partial charge in [-0.25, -0.2) is 0 Å². The Balaban J connectivity index is 2.04. The number of nitrogens with zero attached hydrogens (tertiary/aromatic N) is 1. The number of hydrogen-bond donors (Lipinski definition) is 1.